The Morgan fingerprint density at radius 3 is 2.45 bits per heavy atom. The van der Waals surface area contributed by atoms with Crippen LogP contribution in [0.4, 0.5) is 16.0 Å². The van der Waals surface area contributed by atoms with Crippen LogP contribution in [0.5, 0.6) is 0 Å². The summed E-state index contributed by atoms with van der Waals surface area (Å²) in [6.45, 7) is 5.78. The zero-order valence-corrected chi connectivity index (χ0v) is 18.4. The van der Waals surface area contributed by atoms with E-state index in [1.54, 1.807) is 19.2 Å². The second kappa shape index (κ2) is 8.32. The zero-order valence-electron chi connectivity index (χ0n) is 17.6. The van der Waals surface area contributed by atoms with E-state index in [0.717, 1.165) is 23.9 Å². The van der Waals surface area contributed by atoms with Crippen LogP contribution in [0.3, 0.4) is 0 Å². The first-order chi connectivity index (χ1) is 14.7. The topological polar surface area (TPSA) is 88.1 Å². The highest BCUT2D eigenvalue weighted by atomic mass is 32.2. The first kappa shape index (κ1) is 21.3. The molecule has 1 atom stereocenters. The molecule has 1 aliphatic rings. The number of benzene rings is 1. The third kappa shape index (κ3) is 4.42. The third-order valence-electron chi connectivity index (χ3n) is 5.32. The monoisotopic (exact) mass is 441 g/mol. The Labute approximate surface area is 181 Å². The molecule has 0 aliphatic carbocycles. The molecule has 2 aromatic heterocycles. The Kier molecular flexibility index (Phi) is 5.72. The fraction of sp³-hybridized carbons (Fsp3) is 0.318. The molecule has 7 nitrogen and oxygen atoms in total. The average molecular weight is 442 g/mol. The maximum atomic E-state index is 14.0. The van der Waals surface area contributed by atoms with Crippen LogP contribution in [0.1, 0.15) is 41.5 Å². The largest absolute Gasteiger partial charge is 0.323 e. The molecule has 3 aromatic rings. The summed E-state index contributed by atoms with van der Waals surface area (Å²) in [6.07, 6.45) is 3.02. The molecule has 1 N–H and O–H groups in total. The van der Waals surface area contributed by atoms with Crippen molar-refractivity contribution in [2.45, 2.75) is 44.6 Å². The summed E-state index contributed by atoms with van der Waals surface area (Å²) in [5.41, 5.74) is 3.50. The molecule has 1 fully saturated rings. The van der Waals surface area contributed by atoms with E-state index in [1.807, 2.05) is 26.0 Å². The average Bonchev–Trinajstić information content (AvgIpc) is 3.20. The van der Waals surface area contributed by atoms with Crippen molar-refractivity contribution >= 4 is 21.7 Å². The number of hydrogen-bond acceptors (Lipinski definition) is 6. The molecule has 9 heteroatoms. The smallest absolute Gasteiger partial charge is 0.243 e. The molecule has 0 saturated carbocycles. The van der Waals surface area contributed by atoms with Gasteiger partial charge in [0.15, 0.2) is 0 Å². The number of halogens is 1. The summed E-state index contributed by atoms with van der Waals surface area (Å²) in [6, 6.07) is 9.17. The summed E-state index contributed by atoms with van der Waals surface area (Å²) < 4.78 is 41.7. The van der Waals surface area contributed by atoms with Crippen molar-refractivity contribution in [3.63, 3.8) is 0 Å². The van der Waals surface area contributed by atoms with Crippen molar-refractivity contribution < 1.29 is 12.8 Å². The Morgan fingerprint density at radius 1 is 1.06 bits per heavy atom. The van der Waals surface area contributed by atoms with Crippen molar-refractivity contribution in [3.05, 3.63) is 71.1 Å². The molecule has 0 radical (unpaired) electrons. The van der Waals surface area contributed by atoms with Crippen LogP contribution in [0.25, 0.3) is 0 Å². The van der Waals surface area contributed by atoms with E-state index < -0.39 is 15.8 Å². The third-order valence-corrected chi connectivity index (χ3v) is 7.22. The molecule has 0 spiro atoms. The number of aromatic nitrogens is 3. The van der Waals surface area contributed by atoms with Gasteiger partial charge in [0.1, 0.15) is 5.82 Å². The van der Waals surface area contributed by atoms with E-state index in [0.29, 0.717) is 35.9 Å². The molecule has 1 saturated heterocycles. The molecule has 3 heterocycles. The highest BCUT2D eigenvalue weighted by Gasteiger charge is 2.37. The summed E-state index contributed by atoms with van der Waals surface area (Å²) in [4.78, 5) is 13.2. The second-order valence-electron chi connectivity index (χ2n) is 7.76. The predicted octanol–water partition coefficient (Wildman–Crippen LogP) is 4.21. The number of nitrogens with zero attached hydrogens (tertiary/aromatic N) is 4. The van der Waals surface area contributed by atoms with Crippen molar-refractivity contribution in [2.75, 3.05) is 11.9 Å². The molecule has 1 aliphatic heterocycles. The fourth-order valence-electron chi connectivity index (χ4n) is 3.78. The standard InChI is InChI=1S/C22H24FN5O2S/c1-14-6-8-18(12-19(14)23)31(29,30)28-10-4-5-21(28)20-9-7-17(13-24-20)27-22-25-15(2)11-16(3)26-22/h6-9,11-13,21H,4-5,10H2,1-3H3,(H,25,26,27)/t21-/m1/s1. The predicted molar refractivity (Wildman–Crippen MR) is 116 cm³/mol. The minimum absolute atomic E-state index is 0.0345. The molecule has 1 aromatic carbocycles. The van der Waals surface area contributed by atoms with E-state index in [2.05, 4.69) is 20.3 Å². The molecule has 0 bridgehead atoms. The minimum atomic E-state index is -3.83. The van der Waals surface area contributed by atoms with Crippen LogP contribution in [0.2, 0.25) is 0 Å². The fourth-order valence-corrected chi connectivity index (χ4v) is 5.46. The molecular weight excluding hydrogens is 417 g/mol. The Balaban J connectivity index is 1.56. The van der Waals surface area contributed by atoms with Crippen LogP contribution >= 0.6 is 0 Å². The molecule has 162 valence electrons. The van der Waals surface area contributed by atoms with Crippen LogP contribution in [-0.2, 0) is 10.0 Å². The Bertz CT molecular complexity index is 1190. The highest BCUT2D eigenvalue weighted by molar-refractivity contribution is 7.89. The van der Waals surface area contributed by atoms with Crippen molar-refractivity contribution in [2.24, 2.45) is 0 Å². The highest BCUT2D eigenvalue weighted by Crippen LogP contribution is 2.36. The number of rotatable bonds is 5. The van der Waals surface area contributed by atoms with Crippen LogP contribution in [0.15, 0.2) is 47.5 Å². The first-order valence-electron chi connectivity index (χ1n) is 10.1. The Morgan fingerprint density at radius 2 is 1.81 bits per heavy atom. The van der Waals surface area contributed by atoms with E-state index in [9.17, 15) is 12.8 Å². The summed E-state index contributed by atoms with van der Waals surface area (Å²) >= 11 is 0. The van der Waals surface area contributed by atoms with E-state index in [4.69, 9.17) is 0 Å². The van der Waals surface area contributed by atoms with Crippen molar-refractivity contribution in [1.82, 2.24) is 19.3 Å². The van der Waals surface area contributed by atoms with E-state index in [1.165, 1.54) is 16.4 Å². The SMILES string of the molecule is Cc1cc(C)nc(Nc2ccc([C@H]3CCCN3S(=O)(=O)c3ccc(C)c(F)c3)nc2)n1. The van der Waals surface area contributed by atoms with Gasteiger partial charge in [-0.05, 0) is 69.5 Å². The second-order valence-corrected chi connectivity index (χ2v) is 9.65. The number of anilines is 2. The minimum Gasteiger partial charge on any atom is -0.323 e. The van der Waals surface area contributed by atoms with Gasteiger partial charge in [-0.2, -0.15) is 4.31 Å². The number of sulfonamides is 1. The number of aryl methyl sites for hydroxylation is 3. The number of hydrogen-bond donors (Lipinski definition) is 1. The first-order valence-corrected chi connectivity index (χ1v) is 11.5. The molecule has 0 amide bonds. The summed E-state index contributed by atoms with van der Waals surface area (Å²) in [5.74, 6) is -0.0440. The molecule has 4 rings (SSSR count). The van der Waals surface area contributed by atoms with E-state index in [-0.39, 0.29) is 10.9 Å². The van der Waals surface area contributed by atoms with Gasteiger partial charge in [-0.1, -0.05) is 6.07 Å². The summed E-state index contributed by atoms with van der Waals surface area (Å²) in [7, 11) is -3.83. The van der Waals surface area contributed by atoms with Gasteiger partial charge in [0.05, 0.1) is 28.5 Å². The lowest BCUT2D eigenvalue weighted by Crippen LogP contribution is -2.31. The normalized spacial score (nSPS) is 17.1. The Hall–Kier alpha value is -2.91. The van der Waals surface area contributed by atoms with Crippen LogP contribution in [-0.4, -0.2) is 34.2 Å². The summed E-state index contributed by atoms with van der Waals surface area (Å²) in [5, 5.41) is 3.12. The molecular formula is C22H24FN5O2S. The molecule has 31 heavy (non-hydrogen) atoms. The van der Waals surface area contributed by atoms with Crippen LogP contribution < -0.4 is 5.32 Å². The van der Waals surface area contributed by atoms with Gasteiger partial charge in [-0.3, -0.25) is 4.98 Å². The van der Waals surface area contributed by atoms with Crippen molar-refractivity contribution in [1.29, 1.82) is 0 Å². The van der Waals surface area contributed by atoms with Crippen molar-refractivity contribution in [3.8, 4) is 0 Å². The van der Waals surface area contributed by atoms with Gasteiger partial charge in [-0.15, -0.1) is 0 Å². The van der Waals surface area contributed by atoms with Crippen LogP contribution in [0, 0.1) is 26.6 Å². The van der Waals surface area contributed by atoms with Gasteiger partial charge >= 0.3 is 0 Å². The van der Waals surface area contributed by atoms with Gasteiger partial charge in [0.25, 0.3) is 0 Å². The van der Waals surface area contributed by atoms with Gasteiger partial charge < -0.3 is 5.32 Å². The zero-order chi connectivity index (χ0) is 22.2. The maximum absolute atomic E-state index is 14.0. The van der Waals surface area contributed by atoms with Gasteiger partial charge in [0, 0.05) is 17.9 Å². The number of pyridine rings is 1. The lowest BCUT2D eigenvalue weighted by molar-refractivity contribution is 0.390. The maximum Gasteiger partial charge on any atom is 0.243 e. The van der Waals surface area contributed by atoms with Gasteiger partial charge in [0.2, 0.25) is 16.0 Å². The van der Waals surface area contributed by atoms with E-state index >= 15 is 0 Å². The lowest BCUT2D eigenvalue weighted by atomic mass is 10.1. The van der Waals surface area contributed by atoms with Gasteiger partial charge in [-0.25, -0.2) is 22.8 Å². The quantitative estimate of drug-likeness (QED) is 0.638. The lowest BCUT2D eigenvalue weighted by Gasteiger charge is -2.24. The number of nitrogens with one attached hydrogen (secondary N) is 1. The molecule has 0 unspecified atom stereocenters.